The molecule has 0 unspecified atom stereocenters. The Morgan fingerprint density at radius 2 is 1.86 bits per heavy atom. The van der Waals surface area contributed by atoms with Crippen LogP contribution in [0.1, 0.15) is 13.8 Å². The second-order valence-corrected chi connectivity index (χ2v) is 8.06. The predicted molar refractivity (Wildman–Crippen MR) is 130 cm³/mol. The lowest BCUT2D eigenvalue weighted by Gasteiger charge is -2.10. The van der Waals surface area contributed by atoms with Crippen molar-refractivity contribution in [3.8, 4) is 11.5 Å². The molecule has 2 N–H and O–H groups in total. The molecule has 0 saturated heterocycles. The van der Waals surface area contributed by atoms with E-state index in [1.807, 2.05) is 38.1 Å². The van der Waals surface area contributed by atoms with Crippen LogP contribution in [0.3, 0.4) is 0 Å². The molecular weight excluding hydrogens is 455 g/mol. The van der Waals surface area contributed by atoms with Crippen LogP contribution < -0.4 is 25.7 Å². The summed E-state index contributed by atoms with van der Waals surface area (Å²) >= 11 is 0. The Bertz CT molecular complexity index is 1430. The van der Waals surface area contributed by atoms with E-state index in [9.17, 15) is 14.0 Å². The molecule has 0 aliphatic heterocycles. The van der Waals surface area contributed by atoms with Gasteiger partial charge in [-0.15, -0.1) is 0 Å². The van der Waals surface area contributed by atoms with E-state index in [2.05, 4.69) is 20.7 Å². The van der Waals surface area contributed by atoms with Crippen molar-refractivity contribution >= 4 is 34.1 Å². The average Bonchev–Trinajstić information content (AvgIpc) is 3.12. The van der Waals surface area contributed by atoms with Crippen LogP contribution in [0.5, 0.6) is 11.5 Å². The summed E-state index contributed by atoms with van der Waals surface area (Å²) in [4.78, 5) is 29.9. The van der Waals surface area contributed by atoms with Gasteiger partial charge in [0.15, 0.2) is 22.9 Å². The van der Waals surface area contributed by atoms with Crippen molar-refractivity contribution in [1.29, 1.82) is 0 Å². The first-order valence-electron chi connectivity index (χ1n) is 10.8. The van der Waals surface area contributed by atoms with Gasteiger partial charge in [-0.25, -0.2) is 9.37 Å². The number of nitrogens with zero attached hydrogens (tertiary/aromatic N) is 4. The minimum atomic E-state index is -0.609. The van der Waals surface area contributed by atoms with Crippen LogP contribution >= 0.6 is 0 Å². The fraction of sp³-hybridized carbons (Fsp3) is 0.250. The molecule has 0 saturated carbocycles. The fourth-order valence-electron chi connectivity index (χ4n) is 3.51. The summed E-state index contributed by atoms with van der Waals surface area (Å²) in [7, 11) is 2.98. The number of aryl methyl sites for hydroxylation is 1. The molecule has 0 bridgehead atoms. The highest BCUT2D eigenvalue weighted by Gasteiger charge is 2.17. The molecule has 2 aromatic carbocycles. The number of ether oxygens (including phenoxy) is 2. The van der Waals surface area contributed by atoms with Crippen LogP contribution in [-0.2, 0) is 18.4 Å². The van der Waals surface area contributed by atoms with Gasteiger partial charge in [0.25, 0.3) is 5.56 Å². The summed E-state index contributed by atoms with van der Waals surface area (Å²) in [5.74, 6) is 0.0921. The maximum absolute atomic E-state index is 13.9. The Morgan fingerprint density at radius 3 is 2.51 bits per heavy atom. The van der Waals surface area contributed by atoms with Crippen LogP contribution in [-0.4, -0.2) is 38.5 Å². The summed E-state index contributed by atoms with van der Waals surface area (Å²) in [6.07, 6.45) is 1.35. The fourth-order valence-corrected chi connectivity index (χ4v) is 3.51. The third-order valence-electron chi connectivity index (χ3n) is 5.05. The average molecular weight is 481 g/mol. The Labute approximate surface area is 200 Å². The molecule has 4 rings (SSSR count). The van der Waals surface area contributed by atoms with E-state index >= 15 is 0 Å². The number of benzene rings is 2. The highest BCUT2D eigenvalue weighted by molar-refractivity contribution is 5.91. The first-order valence-corrected chi connectivity index (χ1v) is 10.8. The van der Waals surface area contributed by atoms with E-state index in [4.69, 9.17) is 9.47 Å². The molecule has 4 aromatic rings. The lowest BCUT2D eigenvalue weighted by molar-refractivity contribution is -0.116. The second-order valence-electron chi connectivity index (χ2n) is 8.06. The van der Waals surface area contributed by atoms with E-state index in [0.29, 0.717) is 11.3 Å². The van der Waals surface area contributed by atoms with Crippen molar-refractivity contribution in [3.63, 3.8) is 0 Å². The Hall–Kier alpha value is -4.41. The van der Waals surface area contributed by atoms with Gasteiger partial charge in [-0.2, -0.15) is 5.10 Å². The number of hydrogen-bond acceptors (Lipinski definition) is 7. The van der Waals surface area contributed by atoms with Crippen LogP contribution in [0.2, 0.25) is 0 Å². The molecular formula is C24H25FN6O4. The molecule has 35 heavy (non-hydrogen) atoms. The summed E-state index contributed by atoms with van der Waals surface area (Å²) in [5.41, 5.74) is 1.16. The highest BCUT2D eigenvalue weighted by Crippen LogP contribution is 2.24. The summed E-state index contributed by atoms with van der Waals surface area (Å²) in [5, 5.41) is 10.1. The van der Waals surface area contributed by atoms with Gasteiger partial charge >= 0.3 is 0 Å². The topological polar surface area (TPSA) is 112 Å². The summed E-state index contributed by atoms with van der Waals surface area (Å²) < 4.78 is 27.0. The number of hydrogen-bond donors (Lipinski definition) is 2. The highest BCUT2D eigenvalue weighted by atomic mass is 19.1. The van der Waals surface area contributed by atoms with Crippen molar-refractivity contribution in [2.75, 3.05) is 17.7 Å². The number of halogens is 1. The van der Waals surface area contributed by atoms with Gasteiger partial charge < -0.3 is 20.1 Å². The van der Waals surface area contributed by atoms with Crippen LogP contribution in [0.4, 0.5) is 21.6 Å². The van der Waals surface area contributed by atoms with E-state index in [1.165, 1.54) is 34.8 Å². The number of fused-ring (bicyclic) bond motifs is 1. The smallest absolute Gasteiger partial charge is 0.280 e. The normalized spacial score (nSPS) is 11.0. The quantitative estimate of drug-likeness (QED) is 0.397. The van der Waals surface area contributed by atoms with Gasteiger partial charge in [0, 0.05) is 24.5 Å². The Balaban J connectivity index is 1.52. The molecule has 1 amide bonds. The zero-order valence-corrected chi connectivity index (χ0v) is 19.7. The lowest BCUT2D eigenvalue weighted by atomic mass is 10.3. The molecule has 0 fully saturated rings. The minimum Gasteiger partial charge on any atom is -0.494 e. The number of methoxy groups -OCH3 is 1. The van der Waals surface area contributed by atoms with Crippen molar-refractivity contribution in [3.05, 3.63) is 65.0 Å². The molecule has 0 aliphatic carbocycles. The molecule has 0 atom stereocenters. The van der Waals surface area contributed by atoms with E-state index in [0.717, 1.165) is 17.5 Å². The lowest BCUT2D eigenvalue weighted by Crippen LogP contribution is -2.28. The van der Waals surface area contributed by atoms with Gasteiger partial charge in [0.05, 0.1) is 19.5 Å². The largest absolute Gasteiger partial charge is 0.494 e. The minimum absolute atomic E-state index is 0.0642. The number of rotatable bonds is 8. The molecule has 0 radical (unpaired) electrons. The molecule has 10 nitrogen and oxygen atoms in total. The summed E-state index contributed by atoms with van der Waals surface area (Å²) in [6, 6.07) is 11.4. The zero-order chi connectivity index (χ0) is 25.1. The van der Waals surface area contributed by atoms with Crippen molar-refractivity contribution in [2.45, 2.75) is 26.5 Å². The van der Waals surface area contributed by atoms with E-state index in [1.54, 1.807) is 7.05 Å². The molecule has 182 valence electrons. The number of amides is 1. The third-order valence-corrected chi connectivity index (χ3v) is 5.05. The Kier molecular flexibility index (Phi) is 6.67. The SMILES string of the molecule is COc1ccc(NC(=O)Cn2cnc3c(Nc4ccc(OC(C)C)cc4)nn(C)c3c2=O)cc1F. The van der Waals surface area contributed by atoms with Crippen molar-refractivity contribution < 1.29 is 18.7 Å². The second kappa shape index (κ2) is 9.84. The number of carbonyl (C=O) groups excluding carboxylic acids is 1. The molecule has 2 aromatic heterocycles. The number of nitrogens with one attached hydrogen (secondary N) is 2. The number of carbonyl (C=O) groups is 1. The molecule has 2 heterocycles. The first kappa shape index (κ1) is 23.7. The zero-order valence-electron chi connectivity index (χ0n) is 19.7. The molecule has 0 spiro atoms. The number of anilines is 3. The molecule has 11 heteroatoms. The van der Waals surface area contributed by atoms with Gasteiger partial charge in [0.1, 0.15) is 17.8 Å². The standard InChI is InChI=1S/C24H25FN6O4/c1-14(2)35-17-8-5-15(6-9-17)28-23-21-22(30(3)29-23)24(33)31(13-26-21)12-20(32)27-16-7-10-19(34-4)18(25)11-16/h5-11,13-14H,12H2,1-4H3,(H,27,32)(H,28,29). The van der Waals surface area contributed by atoms with Crippen LogP contribution in [0, 0.1) is 5.82 Å². The Morgan fingerprint density at radius 1 is 1.14 bits per heavy atom. The maximum atomic E-state index is 13.9. The van der Waals surface area contributed by atoms with Crippen molar-refractivity contribution in [2.24, 2.45) is 7.05 Å². The maximum Gasteiger partial charge on any atom is 0.280 e. The van der Waals surface area contributed by atoms with Crippen LogP contribution in [0.25, 0.3) is 11.0 Å². The van der Waals surface area contributed by atoms with Gasteiger partial charge in [0.2, 0.25) is 5.91 Å². The third kappa shape index (κ3) is 5.24. The van der Waals surface area contributed by atoms with Gasteiger partial charge in [-0.3, -0.25) is 18.8 Å². The first-order chi connectivity index (χ1) is 16.7. The van der Waals surface area contributed by atoms with Crippen molar-refractivity contribution in [1.82, 2.24) is 19.3 Å². The molecule has 0 aliphatic rings. The van der Waals surface area contributed by atoms with E-state index in [-0.39, 0.29) is 29.6 Å². The monoisotopic (exact) mass is 480 g/mol. The summed E-state index contributed by atoms with van der Waals surface area (Å²) in [6.45, 7) is 3.60. The number of aromatic nitrogens is 4. The van der Waals surface area contributed by atoms with E-state index < -0.39 is 17.3 Å². The predicted octanol–water partition coefficient (Wildman–Crippen LogP) is 3.45. The van der Waals surface area contributed by atoms with Gasteiger partial charge in [-0.1, -0.05) is 0 Å². The van der Waals surface area contributed by atoms with Crippen LogP contribution in [0.15, 0.2) is 53.6 Å². The van der Waals surface area contributed by atoms with Gasteiger partial charge in [-0.05, 0) is 50.2 Å².